The third-order valence-corrected chi connectivity index (χ3v) is 3.00. The second-order valence-corrected chi connectivity index (χ2v) is 4.92. The highest BCUT2D eigenvalue weighted by molar-refractivity contribution is 5.95. The van der Waals surface area contributed by atoms with Crippen molar-refractivity contribution in [2.45, 2.75) is 26.2 Å². The van der Waals surface area contributed by atoms with Gasteiger partial charge in [-0.3, -0.25) is 4.79 Å². The summed E-state index contributed by atoms with van der Waals surface area (Å²) in [5.41, 5.74) is 1.47. The Morgan fingerprint density at radius 3 is 2.81 bits per heavy atom. The van der Waals surface area contributed by atoms with Gasteiger partial charge in [0.25, 0.3) is 5.91 Å². The normalized spacial score (nSPS) is 10.7. The number of carbonyl (C=O) groups is 1. The number of nitrogens with one attached hydrogen (secondary N) is 2. The summed E-state index contributed by atoms with van der Waals surface area (Å²) in [6, 6.07) is 3.55. The van der Waals surface area contributed by atoms with Crippen LogP contribution in [-0.2, 0) is 6.42 Å². The first-order chi connectivity index (χ1) is 10.1. The van der Waals surface area contributed by atoms with Crippen LogP contribution in [0.15, 0.2) is 23.0 Å². The van der Waals surface area contributed by atoms with Crippen LogP contribution in [0.25, 0.3) is 0 Å². The van der Waals surface area contributed by atoms with Crippen LogP contribution in [0.3, 0.4) is 0 Å². The number of aromatic nitrogens is 3. The molecule has 7 nitrogen and oxygen atoms in total. The molecule has 0 saturated carbocycles. The molecule has 0 atom stereocenters. The van der Waals surface area contributed by atoms with Gasteiger partial charge in [0.1, 0.15) is 5.82 Å². The van der Waals surface area contributed by atoms with E-state index in [2.05, 4.69) is 30.3 Å². The van der Waals surface area contributed by atoms with Crippen molar-refractivity contribution in [3.63, 3.8) is 0 Å². The fraction of sp³-hybridized carbons (Fsp3) is 0.429. The average Bonchev–Trinajstić information content (AvgIpc) is 2.99. The van der Waals surface area contributed by atoms with E-state index in [1.54, 1.807) is 13.1 Å². The van der Waals surface area contributed by atoms with Crippen LogP contribution < -0.4 is 10.6 Å². The minimum absolute atomic E-state index is 0.140. The van der Waals surface area contributed by atoms with Crippen molar-refractivity contribution in [1.82, 2.24) is 20.4 Å². The zero-order valence-electron chi connectivity index (χ0n) is 12.4. The summed E-state index contributed by atoms with van der Waals surface area (Å²) in [6.07, 6.45) is 1.80. The van der Waals surface area contributed by atoms with Gasteiger partial charge in [0.05, 0.1) is 0 Å². The van der Waals surface area contributed by atoms with Crippen molar-refractivity contribution in [1.29, 1.82) is 0 Å². The number of rotatable bonds is 6. The van der Waals surface area contributed by atoms with E-state index in [1.807, 2.05) is 19.9 Å². The topological polar surface area (TPSA) is 92.9 Å². The van der Waals surface area contributed by atoms with Crippen LogP contribution in [-0.4, -0.2) is 34.6 Å². The summed E-state index contributed by atoms with van der Waals surface area (Å²) in [6.45, 7) is 4.53. The Kier molecular flexibility index (Phi) is 4.86. The molecule has 0 spiro atoms. The van der Waals surface area contributed by atoms with Gasteiger partial charge in [0.15, 0.2) is 5.82 Å². The first kappa shape index (κ1) is 15.0. The third kappa shape index (κ3) is 4.01. The van der Waals surface area contributed by atoms with Crippen molar-refractivity contribution in [2.75, 3.05) is 18.9 Å². The van der Waals surface area contributed by atoms with Gasteiger partial charge < -0.3 is 15.2 Å². The number of nitrogens with zero attached hydrogens (tertiary/aromatic N) is 3. The molecule has 2 heterocycles. The molecule has 2 aromatic rings. The number of amides is 1. The number of hydrogen-bond donors (Lipinski definition) is 2. The van der Waals surface area contributed by atoms with E-state index in [4.69, 9.17) is 0 Å². The fourth-order valence-corrected chi connectivity index (χ4v) is 1.80. The van der Waals surface area contributed by atoms with Gasteiger partial charge in [-0.25, -0.2) is 4.98 Å². The SMILES string of the molecule is CNc1cc(C(=O)NCCc2ncon2)cc(C(C)C)n1. The third-order valence-electron chi connectivity index (χ3n) is 3.00. The zero-order valence-corrected chi connectivity index (χ0v) is 12.4. The van der Waals surface area contributed by atoms with E-state index < -0.39 is 0 Å². The van der Waals surface area contributed by atoms with Crippen LogP contribution in [0, 0.1) is 0 Å². The maximum atomic E-state index is 12.2. The lowest BCUT2D eigenvalue weighted by Gasteiger charge is -2.11. The van der Waals surface area contributed by atoms with Crippen LogP contribution in [0.2, 0.25) is 0 Å². The lowest BCUT2D eigenvalue weighted by molar-refractivity contribution is 0.0953. The second-order valence-electron chi connectivity index (χ2n) is 4.92. The number of carbonyl (C=O) groups excluding carboxylic acids is 1. The molecule has 1 amide bonds. The highest BCUT2D eigenvalue weighted by Crippen LogP contribution is 2.17. The van der Waals surface area contributed by atoms with Gasteiger partial charge in [-0.2, -0.15) is 4.98 Å². The van der Waals surface area contributed by atoms with Gasteiger partial charge in [0, 0.05) is 31.3 Å². The molecule has 7 heteroatoms. The van der Waals surface area contributed by atoms with E-state index in [-0.39, 0.29) is 11.8 Å². The highest BCUT2D eigenvalue weighted by atomic mass is 16.5. The van der Waals surface area contributed by atoms with Crippen LogP contribution >= 0.6 is 0 Å². The standard InChI is InChI=1S/C14H19N5O2/c1-9(2)11-6-10(7-13(15-3)18-11)14(20)16-5-4-12-17-8-21-19-12/h6-9H,4-5H2,1-3H3,(H,15,18)(H,16,20). The minimum atomic E-state index is -0.140. The lowest BCUT2D eigenvalue weighted by Crippen LogP contribution is -2.26. The molecule has 0 fully saturated rings. The van der Waals surface area contributed by atoms with Crippen molar-refractivity contribution >= 4 is 11.7 Å². The lowest BCUT2D eigenvalue weighted by atomic mass is 10.1. The highest BCUT2D eigenvalue weighted by Gasteiger charge is 2.11. The van der Waals surface area contributed by atoms with Gasteiger partial charge in [-0.15, -0.1) is 0 Å². The molecule has 0 bridgehead atoms. The Labute approximate surface area is 123 Å². The molecule has 0 aromatic carbocycles. The first-order valence-electron chi connectivity index (χ1n) is 6.83. The predicted molar refractivity (Wildman–Crippen MR) is 78.2 cm³/mol. The molecule has 21 heavy (non-hydrogen) atoms. The zero-order chi connectivity index (χ0) is 15.2. The van der Waals surface area contributed by atoms with Crippen molar-refractivity contribution in [3.05, 3.63) is 35.6 Å². The average molecular weight is 289 g/mol. The molecule has 112 valence electrons. The summed E-state index contributed by atoms with van der Waals surface area (Å²) in [5, 5.41) is 9.50. The molecule has 2 rings (SSSR count). The Morgan fingerprint density at radius 1 is 1.38 bits per heavy atom. The molecule has 2 aromatic heterocycles. The van der Waals surface area contributed by atoms with Gasteiger partial charge in [-0.05, 0) is 18.1 Å². The van der Waals surface area contributed by atoms with Gasteiger partial charge in [0.2, 0.25) is 6.39 Å². The predicted octanol–water partition coefficient (Wildman–Crippen LogP) is 1.60. The first-order valence-corrected chi connectivity index (χ1v) is 6.83. The molecule has 0 aliphatic rings. The Morgan fingerprint density at radius 2 is 2.19 bits per heavy atom. The molecule has 0 aliphatic carbocycles. The quantitative estimate of drug-likeness (QED) is 0.839. The molecular weight excluding hydrogens is 270 g/mol. The Balaban J connectivity index is 2.02. The van der Waals surface area contributed by atoms with Gasteiger partial charge >= 0.3 is 0 Å². The van der Waals surface area contributed by atoms with E-state index in [0.29, 0.717) is 30.2 Å². The molecular formula is C14H19N5O2. The number of pyridine rings is 1. The van der Waals surface area contributed by atoms with E-state index in [0.717, 1.165) is 5.69 Å². The van der Waals surface area contributed by atoms with Crippen LogP contribution in [0.5, 0.6) is 0 Å². The largest absolute Gasteiger partial charge is 0.373 e. The van der Waals surface area contributed by atoms with Crippen molar-refractivity contribution in [2.24, 2.45) is 0 Å². The summed E-state index contributed by atoms with van der Waals surface area (Å²) >= 11 is 0. The summed E-state index contributed by atoms with van der Waals surface area (Å²) in [4.78, 5) is 20.5. The molecule has 0 saturated heterocycles. The van der Waals surface area contributed by atoms with Crippen molar-refractivity contribution in [3.8, 4) is 0 Å². The number of anilines is 1. The molecule has 2 N–H and O–H groups in total. The second kappa shape index (κ2) is 6.83. The maximum absolute atomic E-state index is 12.2. The van der Waals surface area contributed by atoms with E-state index in [9.17, 15) is 4.79 Å². The van der Waals surface area contributed by atoms with Crippen LogP contribution in [0.1, 0.15) is 41.6 Å². The molecule has 0 aliphatic heterocycles. The van der Waals surface area contributed by atoms with Crippen molar-refractivity contribution < 1.29 is 9.32 Å². The fourth-order valence-electron chi connectivity index (χ4n) is 1.80. The smallest absolute Gasteiger partial charge is 0.251 e. The monoisotopic (exact) mass is 289 g/mol. The Bertz CT molecular complexity index is 595. The van der Waals surface area contributed by atoms with E-state index in [1.165, 1.54) is 6.39 Å². The minimum Gasteiger partial charge on any atom is -0.373 e. The van der Waals surface area contributed by atoms with Crippen LogP contribution in [0.4, 0.5) is 5.82 Å². The van der Waals surface area contributed by atoms with Gasteiger partial charge in [-0.1, -0.05) is 19.0 Å². The number of hydrogen-bond acceptors (Lipinski definition) is 6. The maximum Gasteiger partial charge on any atom is 0.251 e. The Hall–Kier alpha value is -2.44. The summed E-state index contributed by atoms with van der Waals surface area (Å²) in [7, 11) is 1.78. The van der Waals surface area contributed by atoms with E-state index >= 15 is 0 Å². The molecule has 0 unspecified atom stereocenters. The summed E-state index contributed by atoms with van der Waals surface area (Å²) in [5.74, 6) is 1.37. The molecule has 0 radical (unpaired) electrons. The summed E-state index contributed by atoms with van der Waals surface area (Å²) < 4.78 is 4.64.